The van der Waals surface area contributed by atoms with Crippen LogP contribution < -0.4 is 4.90 Å². The van der Waals surface area contributed by atoms with E-state index in [1.807, 2.05) is 6.08 Å². The molecule has 0 spiro atoms. The first-order valence-corrected chi connectivity index (χ1v) is 4.12. The fraction of sp³-hybridized carbons (Fsp3) is 0.273. The molecule has 2 heteroatoms. The second kappa shape index (κ2) is 5.65. The summed E-state index contributed by atoms with van der Waals surface area (Å²) in [6.45, 7) is 3.74. The van der Waals surface area contributed by atoms with E-state index in [9.17, 15) is 0 Å². The zero-order valence-electron chi connectivity index (χ0n) is 8.16. The van der Waals surface area contributed by atoms with Gasteiger partial charge in [-0.15, -0.1) is 19.0 Å². The highest BCUT2D eigenvalue weighted by molar-refractivity contribution is 5.85. The van der Waals surface area contributed by atoms with Crippen molar-refractivity contribution in [2.45, 2.75) is 6.42 Å². The summed E-state index contributed by atoms with van der Waals surface area (Å²) in [5, 5.41) is 0. The fourth-order valence-electron chi connectivity index (χ4n) is 1.28. The van der Waals surface area contributed by atoms with Crippen LogP contribution in [-0.2, 0) is 6.42 Å². The Hall–Kier alpha value is -0.950. The number of allylic oxidation sites excluding steroid dienone is 1. The summed E-state index contributed by atoms with van der Waals surface area (Å²) < 4.78 is 0. The third-order valence-corrected chi connectivity index (χ3v) is 1.84. The molecule has 0 bridgehead atoms. The Morgan fingerprint density at radius 3 is 2.46 bits per heavy atom. The van der Waals surface area contributed by atoms with Crippen LogP contribution >= 0.6 is 12.4 Å². The summed E-state index contributed by atoms with van der Waals surface area (Å²) in [6.07, 6.45) is 2.87. The molecule has 0 aromatic heterocycles. The van der Waals surface area contributed by atoms with Crippen LogP contribution in [0.1, 0.15) is 5.56 Å². The molecule has 1 aromatic rings. The van der Waals surface area contributed by atoms with Crippen LogP contribution in [0.15, 0.2) is 36.9 Å². The second-order valence-electron chi connectivity index (χ2n) is 3.02. The third kappa shape index (κ3) is 3.11. The van der Waals surface area contributed by atoms with Gasteiger partial charge in [-0.3, -0.25) is 0 Å². The minimum Gasteiger partial charge on any atom is -0.377 e. The molecule has 0 saturated heterocycles. The van der Waals surface area contributed by atoms with Gasteiger partial charge in [0.05, 0.1) is 0 Å². The lowest BCUT2D eigenvalue weighted by atomic mass is 10.1. The van der Waals surface area contributed by atoms with Crippen LogP contribution in [0.3, 0.4) is 0 Å². The molecule has 0 N–H and O–H groups in total. The highest BCUT2D eigenvalue weighted by Gasteiger charge is 1.99. The summed E-state index contributed by atoms with van der Waals surface area (Å²) >= 11 is 0. The van der Waals surface area contributed by atoms with Crippen molar-refractivity contribution in [3.05, 3.63) is 42.5 Å². The van der Waals surface area contributed by atoms with Gasteiger partial charge in [-0.1, -0.05) is 24.3 Å². The van der Waals surface area contributed by atoms with Gasteiger partial charge in [-0.05, 0) is 18.1 Å². The minimum atomic E-state index is 0. The van der Waals surface area contributed by atoms with E-state index < -0.39 is 0 Å². The summed E-state index contributed by atoms with van der Waals surface area (Å²) in [4.78, 5) is 2.12. The molecule has 1 aromatic carbocycles. The predicted molar refractivity (Wildman–Crippen MR) is 61.9 cm³/mol. The maximum Gasteiger partial charge on any atom is 0.0396 e. The second-order valence-corrected chi connectivity index (χ2v) is 3.02. The number of benzene rings is 1. The van der Waals surface area contributed by atoms with Crippen molar-refractivity contribution < 1.29 is 0 Å². The van der Waals surface area contributed by atoms with Crippen molar-refractivity contribution in [1.29, 1.82) is 0 Å². The quantitative estimate of drug-likeness (QED) is 0.674. The van der Waals surface area contributed by atoms with E-state index in [-0.39, 0.29) is 12.4 Å². The predicted octanol–water partition coefficient (Wildman–Crippen LogP) is 2.90. The van der Waals surface area contributed by atoms with Crippen molar-refractivity contribution in [1.82, 2.24) is 0 Å². The summed E-state index contributed by atoms with van der Waals surface area (Å²) in [5.41, 5.74) is 2.61. The van der Waals surface area contributed by atoms with Crippen LogP contribution in [0.25, 0.3) is 0 Å². The van der Waals surface area contributed by atoms with Crippen molar-refractivity contribution in [3.63, 3.8) is 0 Å². The molecule has 0 heterocycles. The standard InChI is InChI=1S/C11H15N.ClH/c1-4-7-10-8-5-6-9-11(10)12(2)3;/h4-6,8-9H,1,7H2,2-3H3;1H. The number of hydrogen-bond donors (Lipinski definition) is 0. The lowest BCUT2D eigenvalue weighted by Crippen LogP contribution is -2.10. The fourth-order valence-corrected chi connectivity index (χ4v) is 1.28. The van der Waals surface area contributed by atoms with Gasteiger partial charge in [-0.2, -0.15) is 0 Å². The average Bonchev–Trinajstić information content (AvgIpc) is 2.05. The normalized spacial score (nSPS) is 8.77. The van der Waals surface area contributed by atoms with Crippen LogP contribution in [0.5, 0.6) is 0 Å². The first-order chi connectivity index (χ1) is 5.75. The van der Waals surface area contributed by atoms with Crippen LogP contribution in [0, 0.1) is 0 Å². The first kappa shape index (κ1) is 12.0. The van der Waals surface area contributed by atoms with Crippen LogP contribution in [0.2, 0.25) is 0 Å². The molecular weight excluding hydrogens is 182 g/mol. The van der Waals surface area contributed by atoms with E-state index in [1.54, 1.807) is 0 Å². The maximum absolute atomic E-state index is 3.74. The Labute approximate surface area is 86.5 Å². The number of anilines is 1. The molecule has 0 radical (unpaired) electrons. The highest BCUT2D eigenvalue weighted by Crippen LogP contribution is 2.18. The number of halogens is 1. The number of nitrogens with zero attached hydrogens (tertiary/aromatic N) is 1. The minimum absolute atomic E-state index is 0. The number of hydrogen-bond acceptors (Lipinski definition) is 1. The first-order valence-electron chi connectivity index (χ1n) is 4.12. The van der Waals surface area contributed by atoms with Crippen LogP contribution in [-0.4, -0.2) is 14.1 Å². The van der Waals surface area contributed by atoms with Crippen LogP contribution in [0.4, 0.5) is 5.69 Å². The van der Waals surface area contributed by atoms with Crippen molar-refractivity contribution in [2.75, 3.05) is 19.0 Å². The molecule has 0 aliphatic carbocycles. The molecule has 13 heavy (non-hydrogen) atoms. The molecule has 0 atom stereocenters. The molecule has 0 aliphatic heterocycles. The Balaban J connectivity index is 0.00000144. The summed E-state index contributed by atoms with van der Waals surface area (Å²) in [6, 6.07) is 8.38. The third-order valence-electron chi connectivity index (χ3n) is 1.84. The largest absolute Gasteiger partial charge is 0.377 e. The maximum atomic E-state index is 3.74. The van der Waals surface area contributed by atoms with Gasteiger partial charge < -0.3 is 4.90 Å². The van der Waals surface area contributed by atoms with Gasteiger partial charge >= 0.3 is 0 Å². The monoisotopic (exact) mass is 197 g/mol. The molecule has 0 unspecified atom stereocenters. The summed E-state index contributed by atoms with van der Waals surface area (Å²) in [5.74, 6) is 0. The summed E-state index contributed by atoms with van der Waals surface area (Å²) in [7, 11) is 4.11. The SMILES string of the molecule is C=CCc1ccccc1N(C)C.Cl. The molecule has 0 fully saturated rings. The Morgan fingerprint density at radius 1 is 1.31 bits per heavy atom. The Kier molecular flexibility index (Phi) is 5.24. The molecule has 72 valence electrons. The Morgan fingerprint density at radius 2 is 1.92 bits per heavy atom. The topological polar surface area (TPSA) is 3.24 Å². The van der Waals surface area contributed by atoms with E-state index in [0.717, 1.165) is 6.42 Å². The van der Waals surface area contributed by atoms with Gasteiger partial charge in [0, 0.05) is 19.8 Å². The van der Waals surface area contributed by atoms with E-state index in [2.05, 4.69) is 49.8 Å². The number of para-hydroxylation sites is 1. The van der Waals surface area contributed by atoms with Gasteiger partial charge in [-0.25, -0.2) is 0 Å². The lowest BCUT2D eigenvalue weighted by Gasteiger charge is -2.16. The average molecular weight is 198 g/mol. The van der Waals surface area contributed by atoms with Crippen molar-refractivity contribution in [2.24, 2.45) is 0 Å². The molecule has 0 aliphatic rings. The lowest BCUT2D eigenvalue weighted by molar-refractivity contribution is 1.09. The van der Waals surface area contributed by atoms with E-state index in [4.69, 9.17) is 0 Å². The van der Waals surface area contributed by atoms with E-state index in [1.165, 1.54) is 11.3 Å². The molecule has 1 nitrogen and oxygen atoms in total. The molecule has 1 rings (SSSR count). The van der Waals surface area contributed by atoms with Gasteiger partial charge in [0.15, 0.2) is 0 Å². The Bertz CT molecular complexity index is 269. The van der Waals surface area contributed by atoms with Gasteiger partial charge in [0.2, 0.25) is 0 Å². The van der Waals surface area contributed by atoms with Crippen molar-refractivity contribution >= 4 is 18.1 Å². The molecule has 0 amide bonds. The highest BCUT2D eigenvalue weighted by atomic mass is 35.5. The van der Waals surface area contributed by atoms with E-state index >= 15 is 0 Å². The van der Waals surface area contributed by atoms with Gasteiger partial charge in [0.25, 0.3) is 0 Å². The van der Waals surface area contributed by atoms with E-state index in [0.29, 0.717) is 0 Å². The number of rotatable bonds is 3. The zero-order valence-corrected chi connectivity index (χ0v) is 8.97. The van der Waals surface area contributed by atoms with Gasteiger partial charge in [0.1, 0.15) is 0 Å². The molecule has 0 saturated carbocycles. The molecular formula is C11H16ClN. The van der Waals surface area contributed by atoms with Crippen molar-refractivity contribution in [3.8, 4) is 0 Å². The smallest absolute Gasteiger partial charge is 0.0396 e. The zero-order chi connectivity index (χ0) is 8.97.